The summed E-state index contributed by atoms with van der Waals surface area (Å²) in [5, 5.41) is 8.69. The number of furan rings is 1. The smallest absolute Gasteiger partial charge is 0.125 e. The Labute approximate surface area is 85.4 Å². The third-order valence-electron chi connectivity index (χ3n) is 1.91. The normalized spacial score (nSPS) is 10.0. The second-order valence-corrected chi connectivity index (χ2v) is 3.82. The van der Waals surface area contributed by atoms with E-state index in [4.69, 9.17) is 15.4 Å². The molecule has 0 amide bonds. The van der Waals surface area contributed by atoms with Crippen LogP contribution < -0.4 is 5.73 Å². The SMILES string of the molecule is N#Cc1ccc(-c2ccoc2CN)s1. The number of thiophene rings is 1. The molecule has 0 radical (unpaired) electrons. The summed E-state index contributed by atoms with van der Waals surface area (Å²) in [6.07, 6.45) is 1.61. The quantitative estimate of drug-likeness (QED) is 0.816. The fourth-order valence-electron chi connectivity index (χ4n) is 1.26. The van der Waals surface area contributed by atoms with Crippen molar-refractivity contribution in [2.24, 2.45) is 5.73 Å². The van der Waals surface area contributed by atoms with Gasteiger partial charge in [0.05, 0.1) is 12.8 Å². The Bertz CT molecular complexity index is 478. The Morgan fingerprint density at radius 2 is 2.29 bits per heavy atom. The van der Waals surface area contributed by atoms with E-state index in [-0.39, 0.29) is 0 Å². The molecular weight excluding hydrogens is 196 g/mol. The van der Waals surface area contributed by atoms with Crippen LogP contribution in [-0.2, 0) is 6.54 Å². The van der Waals surface area contributed by atoms with Gasteiger partial charge in [-0.2, -0.15) is 5.26 Å². The van der Waals surface area contributed by atoms with Crippen LogP contribution in [0, 0.1) is 11.3 Å². The molecule has 0 aliphatic carbocycles. The lowest BCUT2D eigenvalue weighted by atomic mass is 10.2. The van der Waals surface area contributed by atoms with Crippen LogP contribution >= 0.6 is 11.3 Å². The highest BCUT2D eigenvalue weighted by Gasteiger charge is 2.09. The fraction of sp³-hybridized carbons (Fsp3) is 0.100. The summed E-state index contributed by atoms with van der Waals surface area (Å²) in [5.41, 5.74) is 6.50. The third kappa shape index (κ3) is 1.43. The first-order valence-electron chi connectivity index (χ1n) is 4.12. The van der Waals surface area contributed by atoms with Crippen LogP contribution in [0.5, 0.6) is 0 Å². The number of nitrogens with two attached hydrogens (primary N) is 1. The lowest BCUT2D eigenvalue weighted by Gasteiger charge is -1.94. The second kappa shape index (κ2) is 3.66. The van der Waals surface area contributed by atoms with E-state index in [2.05, 4.69) is 6.07 Å². The molecule has 0 spiro atoms. The average Bonchev–Trinajstić information content (AvgIpc) is 2.85. The highest BCUT2D eigenvalue weighted by Crippen LogP contribution is 2.30. The summed E-state index contributed by atoms with van der Waals surface area (Å²) in [5.74, 6) is 0.760. The molecule has 2 heterocycles. The average molecular weight is 204 g/mol. The summed E-state index contributed by atoms with van der Waals surface area (Å²) in [6, 6.07) is 7.68. The molecule has 3 nitrogen and oxygen atoms in total. The molecular formula is C10H8N2OS. The molecule has 0 aromatic carbocycles. The summed E-state index contributed by atoms with van der Waals surface area (Å²) in [4.78, 5) is 1.72. The van der Waals surface area contributed by atoms with Crippen LogP contribution in [0.15, 0.2) is 28.9 Å². The largest absolute Gasteiger partial charge is 0.467 e. The van der Waals surface area contributed by atoms with Gasteiger partial charge in [0.15, 0.2) is 0 Å². The molecule has 14 heavy (non-hydrogen) atoms. The minimum atomic E-state index is 0.377. The Kier molecular flexibility index (Phi) is 2.35. The number of nitriles is 1. The van der Waals surface area contributed by atoms with E-state index in [0.29, 0.717) is 11.4 Å². The maximum absolute atomic E-state index is 8.69. The zero-order valence-corrected chi connectivity index (χ0v) is 8.17. The summed E-state index contributed by atoms with van der Waals surface area (Å²) in [6.45, 7) is 0.377. The van der Waals surface area contributed by atoms with Gasteiger partial charge in [-0.15, -0.1) is 11.3 Å². The minimum Gasteiger partial charge on any atom is -0.467 e. The highest BCUT2D eigenvalue weighted by atomic mass is 32.1. The molecule has 2 rings (SSSR count). The van der Waals surface area contributed by atoms with E-state index in [0.717, 1.165) is 16.2 Å². The first kappa shape index (κ1) is 9.00. The van der Waals surface area contributed by atoms with Crippen molar-refractivity contribution in [3.63, 3.8) is 0 Å². The molecule has 0 unspecified atom stereocenters. The Balaban J connectivity index is 2.45. The Morgan fingerprint density at radius 3 is 2.93 bits per heavy atom. The van der Waals surface area contributed by atoms with E-state index in [1.54, 1.807) is 12.3 Å². The lowest BCUT2D eigenvalue weighted by Crippen LogP contribution is -1.94. The van der Waals surface area contributed by atoms with Crippen molar-refractivity contribution in [1.82, 2.24) is 0 Å². The zero-order valence-electron chi connectivity index (χ0n) is 7.36. The van der Waals surface area contributed by atoms with Gasteiger partial charge in [-0.05, 0) is 18.2 Å². The van der Waals surface area contributed by atoms with E-state index in [9.17, 15) is 0 Å². The van der Waals surface area contributed by atoms with Gasteiger partial charge in [0.25, 0.3) is 0 Å². The van der Waals surface area contributed by atoms with Crippen LogP contribution in [0.1, 0.15) is 10.6 Å². The van der Waals surface area contributed by atoms with Gasteiger partial charge in [-0.3, -0.25) is 0 Å². The van der Waals surface area contributed by atoms with E-state index < -0.39 is 0 Å². The molecule has 0 fully saturated rings. The second-order valence-electron chi connectivity index (χ2n) is 2.74. The summed E-state index contributed by atoms with van der Waals surface area (Å²) >= 11 is 1.44. The molecule has 2 N–H and O–H groups in total. The van der Waals surface area contributed by atoms with E-state index in [1.165, 1.54) is 11.3 Å². The molecule has 0 saturated carbocycles. The predicted octanol–water partition coefficient (Wildman–Crippen LogP) is 2.34. The van der Waals surface area contributed by atoms with Crippen molar-refractivity contribution in [2.75, 3.05) is 0 Å². The molecule has 70 valence electrons. The van der Waals surface area contributed by atoms with Gasteiger partial charge in [0.1, 0.15) is 16.7 Å². The van der Waals surface area contributed by atoms with Crippen molar-refractivity contribution in [1.29, 1.82) is 5.26 Å². The van der Waals surface area contributed by atoms with Gasteiger partial charge in [-0.25, -0.2) is 0 Å². The van der Waals surface area contributed by atoms with E-state index in [1.807, 2.05) is 12.1 Å². The maximum Gasteiger partial charge on any atom is 0.125 e. The van der Waals surface area contributed by atoms with Crippen LogP contribution in [0.25, 0.3) is 10.4 Å². The van der Waals surface area contributed by atoms with Gasteiger partial charge in [0, 0.05) is 10.4 Å². The topological polar surface area (TPSA) is 63.0 Å². The number of hydrogen-bond donors (Lipinski definition) is 1. The van der Waals surface area contributed by atoms with Crippen molar-refractivity contribution >= 4 is 11.3 Å². The summed E-state index contributed by atoms with van der Waals surface area (Å²) < 4.78 is 5.21. The van der Waals surface area contributed by atoms with Crippen molar-refractivity contribution in [3.8, 4) is 16.5 Å². The van der Waals surface area contributed by atoms with Crippen molar-refractivity contribution < 1.29 is 4.42 Å². The van der Waals surface area contributed by atoms with E-state index >= 15 is 0 Å². The molecule has 2 aromatic rings. The third-order valence-corrected chi connectivity index (χ3v) is 2.94. The molecule has 4 heteroatoms. The Morgan fingerprint density at radius 1 is 1.43 bits per heavy atom. The monoisotopic (exact) mass is 204 g/mol. The molecule has 0 saturated heterocycles. The maximum atomic E-state index is 8.69. The molecule has 0 aliphatic rings. The molecule has 0 bridgehead atoms. The fourth-order valence-corrected chi connectivity index (χ4v) is 2.11. The first-order chi connectivity index (χ1) is 6.85. The van der Waals surface area contributed by atoms with Crippen LogP contribution in [0.4, 0.5) is 0 Å². The first-order valence-corrected chi connectivity index (χ1v) is 4.93. The van der Waals surface area contributed by atoms with Crippen molar-refractivity contribution in [3.05, 3.63) is 35.1 Å². The molecule has 0 atom stereocenters. The van der Waals surface area contributed by atoms with Gasteiger partial charge in [-0.1, -0.05) is 0 Å². The molecule has 0 aliphatic heterocycles. The Hall–Kier alpha value is -1.57. The van der Waals surface area contributed by atoms with Gasteiger partial charge >= 0.3 is 0 Å². The van der Waals surface area contributed by atoms with Crippen LogP contribution in [0.2, 0.25) is 0 Å². The number of hydrogen-bond acceptors (Lipinski definition) is 4. The van der Waals surface area contributed by atoms with Gasteiger partial charge < -0.3 is 10.2 Å². The van der Waals surface area contributed by atoms with Gasteiger partial charge in [0.2, 0.25) is 0 Å². The molecule has 2 aromatic heterocycles. The van der Waals surface area contributed by atoms with Crippen LogP contribution in [0.3, 0.4) is 0 Å². The standard InChI is InChI=1S/C10H8N2OS/c11-5-7-1-2-10(14-7)8-3-4-13-9(8)6-12/h1-4H,6,12H2. The summed E-state index contributed by atoms with van der Waals surface area (Å²) in [7, 11) is 0. The lowest BCUT2D eigenvalue weighted by molar-refractivity contribution is 0.513. The zero-order chi connectivity index (χ0) is 9.97. The van der Waals surface area contributed by atoms with Crippen LogP contribution in [-0.4, -0.2) is 0 Å². The van der Waals surface area contributed by atoms with Crippen molar-refractivity contribution in [2.45, 2.75) is 6.54 Å². The number of nitrogens with zero attached hydrogens (tertiary/aromatic N) is 1. The predicted molar refractivity (Wildman–Crippen MR) is 54.6 cm³/mol. The highest BCUT2D eigenvalue weighted by molar-refractivity contribution is 7.16. The number of rotatable bonds is 2. The minimum absolute atomic E-state index is 0.377.